The minimum atomic E-state index is 0.350. The van der Waals surface area contributed by atoms with Crippen LogP contribution in [0.1, 0.15) is 31.6 Å². The minimum Gasteiger partial charge on any atom is -0.384 e. The van der Waals surface area contributed by atoms with Crippen molar-refractivity contribution < 1.29 is 4.74 Å². The van der Waals surface area contributed by atoms with Crippen LogP contribution in [-0.2, 0) is 11.3 Å². The molecule has 0 saturated heterocycles. The van der Waals surface area contributed by atoms with Crippen LogP contribution in [0.5, 0.6) is 0 Å². The van der Waals surface area contributed by atoms with E-state index in [4.69, 9.17) is 10.5 Å². The fourth-order valence-electron chi connectivity index (χ4n) is 1.70. The number of hydrogen-bond donors (Lipinski definition) is 1. The van der Waals surface area contributed by atoms with Crippen molar-refractivity contribution in [2.75, 3.05) is 12.3 Å². The lowest BCUT2D eigenvalue weighted by Gasteiger charge is -2.05. The lowest BCUT2D eigenvalue weighted by molar-refractivity contribution is 0.128. The molecular weight excluding hydrogens is 278 g/mol. The van der Waals surface area contributed by atoms with Crippen molar-refractivity contribution in [2.24, 2.45) is 0 Å². The summed E-state index contributed by atoms with van der Waals surface area (Å²) in [6, 6.07) is 2.14. The number of aromatic nitrogens is 6. The molecule has 20 heavy (non-hydrogen) atoms. The standard InChI is InChI=1S/C11H15N7OS/c1-2-19-6-9-13-8(12)5-10(14-9)20-11-15-16-17-18(11)7-3-4-7/h5,7H,2-4,6H2,1H3,(H2,12,13,14). The quantitative estimate of drug-likeness (QED) is 0.788. The molecule has 0 bridgehead atoms. The van der Waals surface area contributed by atoms with E-state index in [1.807, 2.05) is 11.6 Å². The summed E-state index contributed by atoms with van der Waals surface area (Å²) in [4.78, 5) is 8.55. The molecule has 0 aliphatic heterocycles. The highest BCUT2D eigenvalue weighted by atomic mass is 32.2. The number of tetrazole rings is 1. The highest BCUT2D eigenvalue weighted by Gasteiger charge is 2.28. The number of ether oxygens (including phenoxy) is 1. The molecule has 0 spiro atoms. The number of nitrogens with two attached hydrogens (primary N) is 1. The van der Waals surface area contributed by atoms with Crippen LogP contribution < -0.4 is 5.73 Å². The second-order valence-corrected chi connectivity index (χ2v) is 5.41. The Bertz CT molecular complexity index is 598. The van der Waals surface area contributed by atoms with Crippen LogP contribution >= 0.6 is 11.8 Å². The Labute approximate surface area is 120 Å². The van der Waals surface area contributed by atoms with E-state index < -0.39 is 0 Å². The zero-order valence-electron chi connectivity index (χ0n) is 11.1. The van der Waals surface area contributed by atoms with Gasteiger partial charge in [-0.05, 0) is 42.0 Å². The normalized spacial score (nSPS) is 14.7. The van der Waals surface area contributed by atoms with E-state index in [2.05, 4.69) is 25.5 Å². The van der Waals surface area contributed by atoms with Gasteiger partial charge in [-0.15, -0.1) is 5.10 Å². The Balaban J connectivity index is 1.79. The summed E-state index contributed by atoms with van der Waals surface area (Å²) in [5, 5.41) is 13.2. The van der Waals surface area contributed by atoms with E-state index in [0.717, 1.165) is 23.0 Å². The van der Waals surface area contributed by atoms with Crippen LogP contribution in [0.15, 0.2) is 16.2 Å². The molecule has 2 N–H and O–H groups in total. The van der Waals surface area contributed by atoms with E-state index in [9.17, 15) is 0 Å². The van der Waals surface area contributed by atoms with E-state index in [1.54, 1.807) is 6.07 Å². The average Bonchev–Trinajstić information content (AvgIpc) is 3.17. The Morgan fingerprint density at radius 2 is 2.30 bits per heavy atom. The van der Waals surface area contributed by atoms with Crippen molar-refractivity contribution in [1.29, 1.82) is 0 Å². The Kier molecular flexibility index (Phi) is 3.79. The van der Waals surface area contributed by atoms with Gasteiger partial charge in [0.25, 0.3) is 0 Å². The molecule has 1 aliphatic rings. The van der Waals surface area contributed by atoms with Gasteiger partial charge in [0.15, 0.2) is 5.82 Å². The summed E-state index contributed by atoms with van der Waals surface area (Å²) in [5.41, 5.74) is 5.79. The van der Waals surface area contributed by atoms with Crippen LogP contribution in [0.25, 0.3) is 0 Å². The molecule has 0 unspecified atom stereocenters. The molecular formula is C11H15N7OS. The summed E-state index contributed by atoms with van der Waals surface area (Å²) in [5.74, 6) is 0.988. The molecule has 106 valence electrons. The van der Waals surface area contributed by atoms with Crippen LogP contribution in [0, 0.1) is 0 Å². The summed E-state index contributed by atoms with van der Waals surface area (Å²) in [6.07, 6.45) is 2.25. The van der Waals surface area contributed by atoms with Gasteiger partial charge in [0.1, 0.15) is 17.5 Å². The van der Waals surface area contributed by atoms with Crippen LogP contribution in [0.2, 0.25) is 0 Å². The third-order valence-corrected chi connectivity index (χ3v) is 3.62. The van der Waals surface area contributed by atoms with Crippen molar-refractivity contribution in [3.8, 4) is 0 Å². The van der Waals surface area contributed by atoms with Crippen molar-refractivity contribution in [3.05, 3.63) is 11.9 Å². The van der Waals surface area contributed by atoms with Gasteiger partial charge in [0.05, 0.1) is 6.04 Å². The van der Waals surface area contributed by atoms with Gasteiger partial charge in [0.2, 0.25) is 5.16 Å². The summed E-state index contributed by atoms with van der Waals surface area (Å²) < 4.78 is 7.14. The second kappa shape index (κ2) is 5.71. The number of rotatable bonds is 6. The van der Waals surface area contributed by atoms with Gasteiger partial charge in [-0.3, -0.25) is 0 Å². The molecule has 1 saturated carbocycles. The molecule has 0 atom stereocenters. The highest BCUT2D eigenvalue weighted by Crippen LogP contribution is 2.37. The first kappa shape index (κ1) is 13.3. The lowest BCUT2D eigenvalue weighted by atomic mass is 10.5. The van der Waals surface area contributed by atoms with Gasteiger partial charge >= 0.3 is 0 Å². The molecule has 8 nitrogen and oxygen atoms in total. The number of nitrogen functional groups attached to an aromatic ring is 1. The Morgan fingerprint density at radius 3 is 3.05 bits per heavy atom. The van der Waals surface area contributed by atoms with Gasteiger partial charge < -0.3 is 10.5 Å². The Morgan fingerprint density at radius 1 is 1.45 bits per heavy atom. The third-order valence-electron chi connectivity index (χ3n) is 2.76. The van der Waals surface area contributed by atoms with Crippen molar-refractivity contribution in [1.82, 2.24) is 30.2 Å². The van der Waals surface area contributed by atoms with Crippen LogP contribution in [0.3, 0.4) is 0 Å². The van der Waals surface area contributed by atoms with Gasteiger partial charge in [-0.2, -0.15) is 0 Å². The number of nitrogens with zero attached hydrogens (tertiary/aromatic N) is 6. The van der Waals surface area contributed by atoms with Crippen molar-refractivity contribution in [2.45, 2.75) is 42.6 Å². The van der Waals surface area contributed by atoms with E-state index in [0.29, 0.717) is 30.9 Å². The van der Waals surface area contributed by atoms with Crippen LogP contribution in [0.4, 0.5) is 5.82 Å². The molecule has 2 heterocycles. The predicted molar refractivity (Wildman–Crippen MR) is 72.0 cm³/mol. The predicted octanol–water partition coefficient (Wildman–Crippen LogP) is 1.07. The third kappa shape index (κ3) is 3.05. The maximum atomic E-state index is 5.79. The van der Waals surface area contributed by atoms with E-state index >= 15 is 0 Å². The minimum absolute atomic E-state index is 0.350. The van der Waals surface area contributed by atoms with Gasteiger partial charge in [-0.1, -0.05) is 0 Å². The molecule has 0 aromatic carbocycles. The fourth-order valence-corrected chi connectivity index (χ4v) is 2.57. The SMILES string of the molecule is CCOCc1nc(N)cc(Sc2nnnn2C2CC2)n1. The zero-order chi connectivity index (χ0) is 13.9. The van der Waals surface area contributed by atoms with E-state index in [1.165, 1.54) is 11.8 Å². The average molecular weight is 293 g/mol. The largest absolute Gasteiger partial charge is 0.384 e. The molecule has 1 fully saturated rings. The van der Waals surface area contributed by atoms with Crippen LogP contribution in [-0.4, -0.2) is 36.8 Å². The van der Waals surface area contributed by atoms with Gasteiger partial charge in [-0.25, -0.2) is 14.6 Å². The molecule has 2 aromatic rings. The first-order valence-corrected chi connectivity index (χ1v) is 7.25. The molecule has 0 radical (unpaired) electrons. The summed E-state index contributed by atoms with van der Waals surface area (Å²) in [6.45, 7) is 2.88. The lowest BCUT2D eigenvalue weighted by Crippen LogP contribution is -2.04. The smallest absolute Gasteiger partial charge is 0.215 e. The van der Waals surface area contributed by atoms with Crippen molar-refractivity contribution in [3.63, 3.8) is 0 Å². The summed E-state index contributed by atoms with van der Waals surface area (Å²) in [7, 11) is 0. The highest BCUT2D eigenvalue weighted by molar-refractivity contribution is 7.99. The first-order chi connectivity index (χ1) is 9.76. The second-order valence-electron chi connectivity index (χ2n) is 4.42. The number of anilines is 1. The van der Waals surface area contributed by atoms with Gasteiger partial charge in [0, 0.05) is 12.7 Å². The maximum Gasteiger partial charge on any atom is 0.215 e. The zero-order valence-corrected chi connectivity index (χ0v) is 11.9. The molecule has 9 heteroatoms. The first-order valence-electron chi connectivity index (χ1n) is 6.43. The molecule has 1 aliphatic carbocycles. The monoisotopic (exact) mass is 293 g/mol. The topological polar surface area (TPSA) is 105 Å². The maximum absolute atomic E-state index is 5.79. The molecule has 3 rings (SSSR count). The van der Waals surface area contributed by atoms with E-state index in [-0.39, 0.29) is 0 Å². The number of hydrogen-bond acceptors (Lipinski definition) is 8. The fraction of sp³-hybridized carbons (Fsp3) is 0.545. The Hall–Kier alpha value is -1.74. The summed E-state index contributed by atoms with van der Waals surface area (Å²) >= 11 is 1.39. The molecule has 0 amide bonds. The van der Waals surface area contributed by atoms with Crippen molar-refractivity contribution >= 4 is 17.6 Å². The molecule has 2 aromatic heterocycles.